The van der Waals surface area contributed by atoms with Gasteiger partial charge in [0.2, 0.25) is 11.0 Å². The van der Waals surface area contributed by atoms with Crippen LogP contribution in [-0.4, -0.2) is 39.4 Å². The molecule has 0 aromatic carbocycles. The zero-order valence-corrected chi connectivity index (χ0v) is 11.0. The van der Waals surface area contributed by atoms with Crippen molar-refractivity contribution in [1.29, 1.82) is 0 Å². The second-order valence-corrected chi connectivity index (χ2v) is 5.61. The van der Waals surface area contributed by atoms with E-state index < -0.39 is 6.04 Å². The maximum atomic E-state index is 11.8. The highest BCUT2D eigenvalue weighted by atomic mass is 32.2. The van der Waals surface area contributed by atoms with Crippen LogP contribution in [0.5, 0.6) is 0 Å². The number of thiol groups is 1. The van der Waals surface area contributed by atoms with E-state index >= 15 is 0 Å². The lowest BCUT2D eigenvalue weighted by atomic mass is 10.1. The van der Waals surface area contributed by atoms with Crippen molar-refractivity contribution in [3.05, 3.63) is 0 Å². The molecule has 0 aromatic rings. The Labute approximate surface area is 105 Å². The van der Waals surface area contributed by atoms with Crippen molar-refractivity contribution >= 4 is 40.5 Å². The first-order valence-electron chi connectivity index (χ1n) is 5.07. The zero-order valence-electron chi connectivity index (χ0n) is 9.30. The Bertz CT molecular complexity index is 319. The smallest absolute Gasteiger partial charge is 0.233 e. The lowest BCUT2D eigenvalue weighted by molar-refractivity contribution is -0.132. The molecule has 1 fully saturated rings. The van der Waals surface area contributed by atoms with Gasteiger partial charge < -0.3 is 4.90 Å². The van der Waals surface area contributed by atoms with Gasteiger partial charge in [-0.15, -0.1) is 12.6 Å². The van der Waals surface area contributed by atoms with E-state index in [9.17, 15) is 14.4 Å². The van der Waals surface area contributed by atoms with Crippen molar-refractivity contribution in [3.8, 4) is 0 Å². The number of rotatable bonds is 3. The van der Waals surface area contributed by atoms with Crippen LogP contribution in [0.4, 0.5) is 0 Å². The number of nitrogens with zero attached hydrogens (tertiary/aromatic N) is 1. The van der Waals surface area contributed by atoms with Crippen molar-refractivity contribution in [2.75, 3.05) is 12.3 Å². The molecule has 0 aromatic heterocycles. The Kier molecular flexibility index (Phi) is 4.86. The van der Waals surface area contributed by atoms with Crippen molar-refractivity contribution in [1.82, 2.24) is 4.90 Å². The van der Waals surface area contributed by atoms with Crippen LogP contribution in [0.1, 0.15) is 20.3 Å². The largest absolute Gasteiger partial charge is 0.331 e. The van der Waals surface area contributed by atoms with Gasteiger partial charge in [0.1, 0.15) is 6.04 Å². The van der Waals surface area contributed by atoms with Crippen LogP contribution in [0.2, 0.25) is 0 Å². The molecule has 1 amide bonds. The first-order chi connectivity index (χ1) is 7.41. The molecule has 1 heterocycles. The summed E-state index contributed by atoms with van der Waals surface area (Å²) in [6, 6.07) is -0.418. The van der Waals surface area contributed by atoms with E-state index in [1.54, 1.807) is 0 Å². The molecule has 4 nitrogen and oxygen atoms in total. The van der Waals surface area contributed by atoms with Crippen LogP contribution in [0.15, 0.2) is 0 Å². The van der Waals surface area contributed by atoms with Crippen molar-refractivity contribution in [2.45, 2.75) is 26.3 Å². The Morgan fingerprint density at radius 3 is 2.56 bits per heavy atom. The average Bonchev–Trinajstić information content (AvgIpc) is 2.56. The standard InChI is InChI=1S/C10H15NO3S2/c1-6-3-8(10(14)15)11(4-6)9(13)5-16-7(2)12/h6,8H,3-5H2,1-2H3,(H,14,15)/t6-,8-/m0/s1. The van der Waals surface area contributed by atoms with E-state index in [2.05, 4.69) is 12.6 Å². The van der Waals surface area contributed by atoms with E-state index in [0.717, 1.165) is 11.8 Å². The summed E-state index contributed by atoms with van der Waals surface area (Å²) in [6.07, 6.45) is 0.665. The lowest BCUT2D eigenvalue weighted by Gasteiger charge is -2.21. The fourth-order valence-electron chi connectivity index (χ4n) is 1.80. The van der Waals surface area contributed by atoms with E-state index in [0.29, 0.717) is 18.9 Å². The van der Waals surface area contributed by atoms with Gasteiger partial charge in [-0.25, -0.2) is 0 Å². The number of carbonyl (C=O) groups excluding carboxylic acids is 3. The summed E-state index contributed by atoms with van der Waals surface area (Å²) in [4.78, 5) is 35.3. The zero-order chi connectivity index (χ0) is 12.3. The van der Waals surface area contributed by atoms with E-state index in [1.165, 1.54) is 11.8 Å². The quantitative estimate of drug-likeness (QED) is 0.769. The van der Waals surface area contributed by atoms with Crippen molar-refractivity contribution in [3.63, 3.8) is 0 Å². The topological polar surface area (TPSA) is 54.5 Å². The molecule has 0 N–H and O–H groups in total. The highest BCUT2D eigenvalue weighted by Gasteiger charge is 2.36. The first kappa shape index (κ1) is 13.6. The van der Waals surface area contributed by atoms with Gasteiger partial charge in [0.15, 0.2) is 5.12 Å². The second-order valence-electron chi connectivity index (χ2n) is 4.02. The SMILES string of the molecule is CC(=O)SCC(=O)N1C[C@@H](C)C[C@H]1C(=O)S. The fourth-order valence-corrected chi connectivity index (χ4v) is 2.54. The summed E-state index contributed by atoms with van der Waals surface area (Å²) in [7, 11) is 0. The summed E-state index contributed by atoms with van der Waals surface area (Å²) in [5.74, 6) is 0.268. The molecule has 1 rings (SSSR count). The van der Waals surface area contributed by atoms with Crippen LogP contribution in [0, 0.1) is 5.92 Å². The Balaban J connectivity index is 2.59. The molecule has 16 heavy (non-hydrogen) atoms. The van der Waals surface area contributed by atoms with Gasteiger partial charge in [-0.2, -0.15) is 0 Å². The Morgan fingerprint density at radius 2 is 2.06 bits per heavy atom. The molecule has 0 spiro atoms. The van der Waals surface area contributed by atoms with Gasteiger partial charge in [0, 0.05) is 13.5 Å². The minimum absolute atomic E-state index is 0.0886. The normalized spacial score (nSPS) is 24.6. The van der Waals surface area contributed by atoms with Gasteiger partial charge in [-0.3, -0.25) is 14.4 Å². The van der Waals surface area contributed by atoms with Crippen LogP contribution >= 0.6 is 24.4 Å². The van der Waals surface area contributed by atoms with Crippen LogP contribution in [0.3, 0.4) is 0 Å². The molecule has 2 atom stereocenters. The van der Waals surface area contributed by atoms with Crippen LogP contribution < -0.4 is 0 Å². The predicted molar refractivity (Wildman–Crippen MR) is 66.4 cm³/mol. The number of thioether (sulfide) groups is 1. The fraction of sp³-hybridized carbons (Fsp3) is 0.700. The third-order valence-electron chi connectivity index (χ3n) is 2.51. The molecular formula is C10H15NO3S2. The molecule has 1 saturated heterocycles. The van der Waals surface area contributed by atoms with Crippen molar-refractivity contribution in [2.24, 2.45) is 5.92 Å². The molecular weight excluding hydrogens is 246 g/mol. The molecule has 6 heteroatoms. The molecule has 1 aliphatic rings. The minimum Gasteiger partial charge on any atom is -0.331 e. The summed E-state index contributed by atoms with van der Waals surface area (Å²) < 4.78 is 0. The highest BCUT2D eigenvalue weighted by Crippen LogP contribution is 2.25. The van der Waals surface area contributed by atoms with Gasteiger partial charge in [0.05, 0.1) is 5.75 Å². The van der Waals surface area contributed by atoms with Crippen LogP contribution in [-0.2, 0) is 14.4 Å². The Hall–Kier alpha value is -0.490. The molecule has 0 bridgehead atoms. The van der Waals surface area contributed by atoms with Crippen molar-refractivity contribution < 1.29 is 14.4 Å². The predicted octanol–water partition coefficient (Wildman–Crippen LogP) is 0.960. The summed E-state index contributed by atoms with van der Waals surface area (Å²) in [5.41, 5.74) is 0. The van der Waals surface area contributed by atoms with E-state index in [-0.39, 0.29) is 21.9 Å². The lowest BCUT2D eigenvalue weighted by Crippen LogP contribution is -2.40. The molecule has 90 valence electrons. The molecule has 0 radical (unpaired) electrons. The maximum Gasteiger partial charge on any atom is 0.233 e. The second kappa shape index (κ2) is 5.72. The monoisotopic (exact) mass is 261 g/mol. The Morgan fingerprint density at radius 1 is 1.44 bits per heavy atom. The average molecular weight is 261 g/mol. The third kappa shape index (κ3) is 3.52. The van der Waals surface area contributed by atoms with Gasteiger partial charge in [0.25, 0.3) is 0 Å². The molecule has 0 saturated carbocycles. The number of carbonyl (C=O) groups is 3. The number of hydrogen-bond donors (Lipinski definition) is 1. The highest BCUT2D eigenvalue weighted by molar-refractivity contribution is 8.14. The summed E-state index contributed by atoms with van der Waals surface area (Å²) in [6.45, 7) is 4.00. The molecule has 1 aliphatic heterocycles. The van der Waals surface area contributed by atoms with Gasteiger partial charge in [-0.1, -0.05) is 18.7 Å². The van der Waals surface area contributed by atoms with E-state index in [1.807, 2.05) is 6.92 Å². The molecule has 0 aliphatic carbocycles. The maximum absolute atomic E-state index is 11.8. The number of hydrogen-bond acceptors (Lipinski definition) is 4. The minimum atomic E-state index is -0.418. The first-order valence-corrected chi connectivity index (χ1v) is 6.50. The van der Waals surface area contributed by atoms with Gasteiger partial charge in [-0.05, 0) is 12.3 Å². The summed E-state index contributed by atoms with van der Waals surface area (Å²) in [5, 5.41) is -0.361. The molecule has 0 unspecified atom stereocenters. The van der Waals surface area contributed by atoms with Crippen LogP contribution in [0.25, 0.3) is 0 Å². The summed E-state index contributed by atoms with van der Waals surface area (Å²) >= 11 is 4.76. The van der Waals surface area contributed by atoms with Gasteiger partial charge >= 0.3 is 0 Å². The number of amides is 1. The van der Waals surface area contributed by atoms with E-state index in [4.69, 9.17) is 0 Å². The third-order valence-corrected chi connectivity index (χ3v) is 3.61. The number of likely N-dealkylation sites (tertiary alicyclic amines) is 1.